The first-order valence-corrected chi connectivity index (χ1v) is 8.89. The first-order chi connectivity index (χ1) is 13.0. The number of carbonyl (C=O) groups excluding carboxylic acids is 1. The van der Waals surface area contributed by atoms with Crippen LogP contribution in [-0.4, -0.2) is 26.7 Å². The number of amides is 1. The van der Waals surface area contributed by atoms with Crippen LogP contribution in [0.15, 0.2) is 54.9 Å². The number of fused-ring (bicyclic) bond motifs is 1. The largest absolute Gasteiger partial charge is 0.351 e. The third kappa shape index (κ3) is 3.26. The molecule has 0 radical (unpaired) electrons. The van der Waals surface area contributed by atoms with E-state index in [2.05, 4.69) is 20.7 Å². The van der Waals surface area contributed by atoms with Crippen LogP contribution in [0.4, 0.5) is 16.0 Å². The minimum absolute atomic E-state index is 0.244. The number of rotatable bonds is 3. The third-order valence-electron chi connectivity index (χ3n) is 4.71. The fourth-order valence-electron chi connectivity index (χ4n) is 3.45. The monoisotopic (exact) mass is 385 g/mol. The predicted octanol–water partition coefficient (Wildman–Crippen LogP) is 3.73. The Morgan fingerprint density at radius 2 is 1.96 bits per heavy atom. The van der Waals surface area contributed by atoms with Crippen molar-refractivity contribution in [3.63, 3.8) is 0 Å². The Morgan fingerprint density at radius 3 is 2.70 bits per heavy atom. The van der Waals surface area contributed by atoms with E-state index in [0.29, 0.717) is 22.2 Å². The van der Waals surface area contributed by atoms with Crippen LogP contribution in [0.2, 0.25) is 5.02 Å². The summed E-state index contributed by atoms with van der Waals surface area (Å²) in [5.41, 5.74) is 1.02. The summed E-state index contributed by atoms with van der Waals surface area (Å²) >= 11 is 5.90. The van der Waals surface area contributed by atoms with Crippen LogP contribution in [0.1, 0.15) is 18.5 Å². The van der Waals surface area contributed by atoms with E-state index >= 15 is 0 Å². The fraction of sp³-hybridized carbons (Fsp3) is 0.211. The Hall–Kier alpha value is -2.93. The maximum Gasteiger partial charge on any atom is 0.232 e. The SMILES string of the molecule is C[C@@H]1Nc2ncnn2[C@H](c2ccccc2F)[C@@H]1C(=O)Nc1ccc(Cl)cc1. The average molecular weight is 386 g/mol. The number of hydrogen-bond donors (Lipinski definition) is 2. The van der Waals surface area contributed by atoms with Crippen LogP contribution < -0.4 is 10.6 Å². The molecule has 0 spiro atoms. The third-order valence-corrected chi connectivity index (χ3v) is 4.96. The van der Waals surface area contributed by atoms with Gasteiger partial charge in [-0.05, 0) is 37.3 Å². The number of nitrogens with one attached hydrogen (secondary N) is 2. The zero-order chi connectivity index (χ0) is 19.0. The van der Waals surface area contributed by atoms with E-state index in [4.69, 9.17) is 11.6 Å². The van der Waals surface area contributed by atoms with Crippen molar-refractivity contribution in [2.24, 2.45) is 5.92 Å². The lowest BCUT2D eigenvalue weighted by Crippen LogP contribution is -2.46. The molecule has 2 N–H and O–H groups in total. The van der Waals surface area contributed by atoms with Crippen molar-refractivity contribution in [3.05, 3.63) is 71.3 Å². The standard InChI is InChI=1S/C19H17ClFN5O/c1-11-16(18(27)25-13-8-6-12(20)7-9-13)17(14-4-2-3-5-15(14)21)26-19(24-11)22-10-23-26/h2-11,16-17H,1H3,(H,25,27)(H,22,23,24)/t11-,16+,17+/m0/s1. The first-order valence-electron chi connectivity index (χ1n) is 8.51. The number of halogens is 2. The zero-order valence-corrected chi connectivity index (χ0v) is 15.2. The molecule has 1 aliphatic rings. The van der Waals surface area contributed by atoms with Crippen molar-refractivity contribution in [2.75, 3.05) is 10.6 Å². The molecule has 3 atom stereocenters. The van der Waals surface area contributed by atoms with Gasteiger partial charge in [0.05, 0.1) is 12.0 Å². The predicted molar refractivity (Wildman–Crippen MR) is 101 cm³/mol. The van der Waals surface area contributed by atoms with Gasteiger partial charge in [0, 0.05) is 22.3 Å². The molecule has 0 bridgehead atoms. The lowest BCUT2D eigenvalue weighted by molar-refractivity contribution is -0.121. The summed E-state index contributed by atoms with van der Waals surface area (Å²) < 4.78 is 16.1. The molecule has 4 rings (SSSR count). The van der Waals surface area contributed by atoms with E-state index in [-0.39, 0.29) is 17.8 Å². The molecule has 2 heterocycles. The van der Waals surface area contributed by atoms with Gasteiger partial charge in [-0.1, -0.05) is 29.8 Å². The van der Waals surface area contributed by atoms with Crippen LogP contribution in [-0.2, 0) is 4.79 Å². The molecule has 3 aromatic rings. The van der Waals surface area contributed by atoms with Gasteiger partial charge in [-0.3, -0.25) is 4.79 Å². The maximum absolute atomic E-state index is 14.6. The summed E-state index contributed by atoms with van der Waals surface area (Å²) in [6, 6.07) is 12.4. The molecule has 0 saturated heterocycles. The summed E-state index contributed by atoms with van der Waals surface area (Å²) in [7, 11) is 0. The molecule has 1 aromatic heterocycles. The molecule has 1 aliphatic heterocycles. The summed E-state index contributed by atoms with van der Waals surface area (Å²) in [6.45, 7) is 1.87. The van der Waals surface area contributed by atoms with E-state index < -0.39 is 12.0 Å². The van der Waals surface area contributed by atoms with E-state index in [1.807, 2.05) is 6.92 Å². The van der Waals surface area contributed by atoms with E-state index in [1.54, 1.807) is 47.1 Å². The number of aromatic nitrogens is 3. The first kappa shape index (κ1) is 17.5. The van der Waals surface area contributed by atoms with Gasteiger partial charge in [-0.2, -0.15) is 10.1 Å². The summed E-state index contributed by atoms with van der Waals surface area (Å²) in [6.07, 6.45) is 1.39. The van der Waals surface area contributed by atoms with Crippen LogP contribution in [0.3, 0.4) is 0 Å². The van der Waals surface area contributed by atoms with Gasteiger partial charge in [0.1, 0.15) is 12.1 Å². The summed E-state index contributed by atoms with van der Waals surface area (Å²) in [5.74, 6) is -0.729. The molecular weight excluding hydrogens is 369 g/mol. The second-order valence-electron chi connectivity index (χ2n) is 6.45. The average Bonchev–Trinajstić information content (AvgIpc) is 3.11. The highest BCUT2D eigenvalue weighted by atomic mass is 35.5. The number of hydrogen-bond acceptors (Lipinski definition) is 4. The Labute approximate surface area is 160 Å². The van der Waals surface area contributed by atoms with Gasteiger partial charge in [-0.15, -0.1) is 0 Å². The molecule has 1 amide bonds. The maximum atomic E-state index is 14.6. The number of benzene rings is 2. The Balaban J connectivity index is 1.73. The minimum atomic E-state index is -0.618. The van der Waals surface area contributed by atoms with Crippen molar-refractivity contribution in [1.29, 1.82) is 0 Å². The zero-order valence-electron chi connectivity index (χ0n) is 14.4. The van der Waals surface area contributed by atoms with Gasteiger partial charge >= 0.3 is 0 Å². The van der Waals surface area contributed by atoms with Gasteiger partial charge in [0.2, 0.25) is 11.9 Å². The smallest absolute Gasteiger partial charge is 0.232 e. The molecule has 2 aromatic carbocycles. The van der Waals surface area contributed by atoms with Crippen molar-refractivity contribution in [1.82, 2.24) is 14.8 Å². The van der Waals surface area contributed by atoms with Gasteiger partial charge in [0.15, 0.2) is 0 Å². The lowest BCUT2D eigenvalue weighted by atomic mass is 9.85. The number of anilines is 2. The van der Waals surface area contributed by atoms with E-state index in [1.165, 1.54) is 12.4 Å². The fourth-order valence-corrected chi connectivity index (χ4v) is 3.57. The molecule has 0 fully saturated rings. The van der Waals surface area contributed by atoms with Crippen molar-refractivity contribution in [2.45, 2.75) is 19.0 Å². The molecule has 8 heteroatoms. The molecule has 0 aliphatic carbocycles. The quantitative estimate of drug-likeness (QED) is 0.720. The molecular formula is C19H17ClFN5O. The highest BCUT2D eigenvalue weighted by molar-refractivity contribution is 6.30. The van der Waals surface area contributed by atoms with Gasteiger partial charge < -0.3 is 10.6 Å². The van der Waals surface area contributed by atoms with Crippen molar-refractivity contribution >= 4 is 29.1 Å². The number of nitrogens with zero attached hydrogens (tertiary/aromatic N) is 3. The van der Waals surface area contributed by atoms with Crippen molar-refractivity contribution in [3.8, 4) is 0 Å². The van der Waals surface area contributed by atoms with Crippen LogP contribution in [0.5, 0.6) is 0 Å². The molecule has 0 unspecified atom stereocenters. The summed E-state index contributed by atoms with van der Waals surface area (Å²) in [5, 5.41) is 10.9. The Kier molecular flexibility index (Phi) is 4.53. The van der Waals surface area contributed by atoms with Crippen molar-refractivity contribution < 1.29 is 9.18 Å². The topological polar surface area (TPSA) is 71.8 Å². The molecule has 0 saturated carbocycles. The highest BCUT2D eigenvalue weighted by Gasteiger charge is 2.42. The minimum Gasteiger partial charge on any atom is -0.351 e. The summed E-state index contributed by atoms with van der Waals surface area (Å²) in [4.78, 5) is 17.3. The Morgan fingerprint density at radius 1 is 1.22 bits per heavy atom. The number of carbonyl (C=O) groups is 1. The molecule has 138 valence electrons. The second kappa shape index (κ2) is 7.00. The highest BCUT2D eigenvalue weighted by Crippen LogP contribution is 2.37. The van der Waals surface area contributed by atoms with E-state index in [0.717, 1.165) is 0 Å². The van der Waals surface area contributed by atoms with Gasteiger partial charge in [0.25, 0.3) is 0 Å². The van der Waals surface area contributed by atoms with Gasteiger partial charge in [-0.25, -0.2) is 9.07 Å². The van der Waals surface area contributed by atoms with Crippen LogP contribution in [0, 0.1) is 11.7 Å². The molecule has 6 nitrogen and oxygen atoms in total. The lowest BCUT2D eigenvalue weighted by Gasteiger charge is -2.36. The Bertz CT molecular complexity index is 974. The van der Waals surface area contributed by atoms with Crippen LogP contribution in [0.25, 0.3) is 0 Å². The second-order valence-corrected chi connectivity index (χ2v) is 6.89. The molecule has 27 heavy (non-hydrogen) atoms. The van der Waals surface area contributed by atoms with Crippen LogP contribution >= 0.6 is 11.6 Å². The normalized spacial score (nSPS) is 21.2. The van der Waals surface area contributed by atoms with E-state index in [9.17, 15) is 9.18 Å².